The molecule has 0 radical (unpaired) electrons. The number of fused-ring (bicyclic) bond motifs is 4. The molecular weight excluding hydrogens is 345 g/mol. The van der Waals surface area contributed by atoms with E-state index in [1.54, 1.807) is 24.5 Å². The smallest absolute Gasteiger partial charge is 0.545 e. The molecule has 3 aromatic heterocycles. The molecule has 0 atom stereocenters. The van der Waals surface area contributed by atoms with Gasteiger partial charge >= 0.3 is 18.9 Å². The van der Waals surface area contributed by atoms with Crippen LogP contribution in [0, 0.1) is 0 Å². The number of carboxylic acid groups (broad SMARTS) is 1. The molecule has 128 valence electrons. The van der Waals surface area contributed by atoms with Crippen LogP contribution in [0.2, 0.25) is 0 Å². The summed E-state index contributed by atoms with van der Waals surface area (Å²) in [5.41, 5.74) is 3.67. The van der Waals surface area contributed by atoms with E-state index in [1.165, 1.54) is 6.07 Å². The number of carbonyl (C=O) groups excluding carboxylic acids is 1. The second kappa shape index (κ2) is 7.04. The number of aromatic carboxylic acids is 1. The third-order valence-electron chi connectivity index (χ3n) is 4.70. The molecule has 0 aliphatic carbocycles. The molecule has 0 fully saturated rings. The molecule has 6 heteroatoms. The predicted octanol–water partition coefficient (Wildman–Crippen LogP) is 0.366. The fourth-order valence-corrected chi connectivity index (χ4v) is 3.43. The first kappa shape index (κ1) is 18.1. The van der Waals surface area contributed by atoms with Gasteiger partial charge in [-0.15, -0.1) is 0 Å². The molecule has 5 nitrogen and oxygen atoms in total. The van der Waals surface area contributed by atoms with Gasteiger partial charge in [0, 0.05) is 39.7 Å². The largest absolute Gasteiger partial charge is 1.00 e. The summed E-state index contributed by atoms with van der Waals surface area (Å²) >= 11 is 0. The first-order chi connectivity index (χ1) is 13.2. The Balaban J connectivity index is 0.00000192. The molecule has 0 saturated heterocycles. The monoisotopic (exact) mass is 357 g/mol. The van der Waals surface area contributed by atoms with Gasteiger partial charge in [0.1, 0.15) is 0 Å². The van der Waals surface area contributed by atoms with Crippen molar-refractivity contribution in [3.8, 4) is 11.3 Å². The third-order valence-corrected chi connectivity index (χ3v) is 4.70. The predicted molar refractivity (Wildman–Crippen MR) is 102 cm³/mol. The number of aromatic nitrogens is 3. The third kappa shape index (κ3) is 2.82. The number of hydrogen-bond acceptors (Lipinski definition) is 5. The minimum Gasteiger partial charge on any atom is -0.545 e. The first-order valence-corrected chi connectivity index (χ1v) is 8.46. The van der Waals surface area contributed by atoms with Crippen molar-refractivity contribution in [2.45, 2.75) is 0 Å². The molecule has 0 spiro atoms. The van der Waals surface area contributed by atoms with Gasteiger partial charge < -0.3 is 9.90 Å². The van der Waals surface area contributed by atoms with Gasteiger partial charge in [0.15, 0.2) is 0 Å². The van der Waals surface area contributed by atoms with Crippen molar-refractivity contribution in [1.29, 1.82) is 0 Å². The second-order valence-corrected chi connectivity index (χ2v) is 6.26. The van der Waals surface area contributed by atoms with E-state index >= 15 is 0 Å². The van der Waals surface area contributed by atoms with E-state index in [2.05, 4.69) is 9.97 Å². The Morgan fingerprint density at radius 1 is 0.750 bits per heavy atom. The van der Waals surface area contributed by atoms with Gasteiger partial charge in [-0.3, -0.25) is 9.97 Å². The van der Waals surface area contributed by atoms with Crippen molar-refractivity contribution in [3.63, 3.8) is 0 Å². The summed E-state index contributed by atoms with van der Waals surface area (Å²) in [5.74, 6) is -1.24. The van der Waals surface area contributed by atoms with Gasteiger partial charge in [0.05, 0.1) is 28.2 Å². The van der Waals surface area contributed by atoms with Crippen molar-refractivity contribution in [3.05, 3.63) is 78.6 Å². The molecular formula is C22H12LiN3O2. The second-order valence-electron chi connectivity index (χ2n) is 6.26. The Morgan fingerprint density at radius 2 is 1.43 bits per heavy atom. The molecule has 0 bridgehead atoms. The van der Waals surface area contributed by atoms with Crippen LogP contribution < -0.4 is 24.0 Å². The summed E-state index contributed by atoms with van der Waals surface area (Å²) in [4.78, 5) is 25.0. The van der Waals surface area contributed by atoms with Crippen molar-refractivity contribution < 1.29 is 28.8 Å². The SMILES string of the molecule is O=C([O-])c1ccc(-c2ccc3ccc4cccnc4c3n2)c2cccnc12.[Li+]. The zero-order valence-corrected chi connectivity index (χ0v) is 15.1. The van der Waals surface area contributed by atoms with E-state index in [1.807, 2.05) is 42.5 Å². The van der Waals surface area contributed by atoms with Gasteiger partial charge in [-0.2, -0.15) is 0 Å². The van der Waals surface area contributed by atoms with Gasteiger partial charge in [-0.05, 0) is 18.2 Å². The molecule has 0 saturated carbocycles. The summed E-state index contributed by atoms with van der Waals surface area (Å²) in [5, 5.41) is 14.2. The Morgan fingerprint density at radius 3 is 2.21 bits per heavy atom. The average molecular weight is 357 g/mol. The van der Waals surface area contributed by atoms with Crippen LogP contribution in [0.1, 0.15) is 10.4 Å². The molecule has 2 aromatic carbocycles. The number of nitrogens with zero attached hydrogens (tertiary/aromatic N) is 3. The molecule has 0 aliphatic heterocycles. The molecule has 28 heavy (non-hydrogen) atoms. The average Bonchev–Trinajstić information content (AvgIpc) is 2.72. The number of hydrogen-bond donors (Lipinski definition) is 0. The van der Waals surface area contributed by atoms with Crippen molar-refractivity contribution in [2.24, 2.45) is 0 Å². The minimum atomic E-state index is -1.24. The number of carboxylic acids is 1. The molecule has 3 heterocycles. The van der Waals surface area contributed by atoms with E-state index in [4.69, 9.17) is 4.98 Å². The van der Waals surface area contributed by atoms with Crippen molar-refractivity contribution >= 4 is 38.7 Å². The summed E-state index contributed by atoms with van der Waals surface area (Å²) in [6.45, 7) is 0. The fraction of sp³-hybridized carbons (Fsp3) is 0. The van der Waals surface area contributed by atoms with Crippen LogP contribution in [0.5, 0.6) is 0 Å². The van der Waals surface area contributed by atoms with Crippen LogP contribution in [0.4, 0.5) is 0 Å². The summed E-state index contributed by atoms with van der Waals surface area (Å²) in [6, 6.07) is 18.8. The maximum absolute atomic E-state index is 11.4. The van der Waals surface area contributed by atoms with Crippen LogP contribution in [-0.4, -0.2) is 20.9 Å². The Bertz CT molecular complexity index is 1370. The first-order valence-electron chi connectivity index (χ1n) is 8.46. The zero-order chi connectivity index (χ0) is 18.4. The molecule has 5 aromatic rings. The minimum absolute atomic E-state index is 0. The van der Waals surface area contributed by atoms with Gasteiger partial charge in [-0.1, -0.05) is 42.5 Å². The van der Waals surface area contributed by atoms with Crippen molar-refractivity contribution in [2.75, 3.05) is 0 Å². The van der Waals surface area contributed by atoms with Crippen LogP contribution in [0.3, 0.4) is 0 Å². The Hall–Kier alpha value is -3.26. The van der Waals surface area contributed by atoms with E-state index in [0.29, 0.717) is 5.52 Å². The Kier molecular flexibility index (Phi) is 4.56. The summed E-state index contributed by atoms with van der Waals surface area (Å²) in [6.07, 6.45) is 3.33. The number of carbonyl (C=O) groups is 1. The van der Waals surface area contributed by atoms with E-state index in [9.17, 15) is 9.90 Å². The molecule has 5 rings (SSSR count). The molecule has 0 aliphatic rings. The summed E-state index contributed by atoms with van der Waals surface area (Å²) < 4.78 is 0. The maximum atomic E-state index is 11.4. The molecule has 0 amide bonds. The fourth-order valence-electron chi connectivity index (χ4n) is 3.43. The summed E-state index contributed by atoms with van der Waals surface area (Å²) in [7, 11) is 0. The van der Waals surface area contributed by atoms with E-state index in [-0.39, 0.29) is 24.4 Å². The van der Waals surface area contributed by atoms with Crippen molar-refractivity contribution in [1.82, 2.24) is 15.0 Å². The Labute approximate surface area is 172 Å². The van der Waals surface area contributed by atoms with Crippen LogP contribution >= 0.6 is 0 Å². The molecule has 0 unspecified atom stereocenters. The normalized spacial score (nSPS) is 10.9. The van der Waals surface area contributed by atoms with Crippen LogP contribution in [-0.2, 0) is 0 Å². The topological polar surface area (TPSA) is 78.8 Å². The quantitative estimate of drug-likeness (QED) is 0.337. The standard InChI is InChI=1S/C22H13N3O2.Li/c26-22(27)17-9-8-15(16-4-2-12-24-21(16)17)18-10-7-14-6-5-13-3-1-11-23-19(13)20(14)25-18;/h1-12H,(H,26,27);/q;+1/p-1. The number of benzene rings is 2. The maximum Gasteiger partial charge on any atom is 1.00 e. The van der Waals surface area contributed by atoms with E-state index < -0.39 is 5.97 Å². The van der Waals surface area contributed by atoms with Gasteiger partial charge in [-0.25, -0.2) is 4.98 Å². The van der Waals surface area contributed by atoms with E-state index in [0.717, 1.165) is 38.4 Å². The number of rotatable bonds is 2. The van der Waals surface area contributed by atoms with Crippen LogP contribution in [0.15, 0.2) is 73.1 Å². The zero-order valence-electron chi connectivity index (χ0n) is 15.1. The molecule has 0 N–H and O–H groups in total. The van der Waals surface area contributed by atoms with Gasteiger partial charge in [0.2, 0.25) is 0 Å². The van der Waals surface area contributed by atoms with Crippen LogP contribution in [0.25, 0.3) is 44.0 Å². The number of pyridine rings is 3. The van der Waals surface area contributed by atoms with Gasteiger partial charge in [0.25, 0.3) is 0 Å².